The smallest absolute Gasteiger partial charge is 0.251 e. The average Bonchev–Trinajstić information content (AvgIpc) is 3.33. The summed E-state index contributed by atoms with van der Waals surface area (Å²) >= 11 is 0. The largest absolute Gasteiger partial charge is 0.493 e. The molecule has 2 aliphatic heterocycles. The number of carbonyl (C=O) groups is 1. The van der Waals surface area contributed by atoms with Gasteiger partial charge in [-0.2, -0.15) is 0 Å². The van der Waals surface area contributed by atoms with Crippen LogP contribution < -0.4 is 14.8 Å². The van der Waals surface area contributed by atoms with Crippen molar-refractivity contribution in [2.45, 2.75) is 38.1 Å². The minimum Gasteiger partial charge on any atom is -0.493 e. The van der Waals surface area contributed by atoms with E-state index in [1.54, 1.807) is 0 Å². The van der Waals surface area contributed by atoms with Crippen molar-refractivity contribution in [1.82, 2.24) is 10.2 Å². The first-order chi connectivity index (χ1) is 15.8. The van der Waals surface area contributed by atoms with Crippen LogP contribution in [0.1, 0.15) is 48.0 Å². The van der Waals surface area contributed by atoms with Crippen molar-refractivity contribution in [2.75, 3.05) is 26.2 Å². The number of allylic oxidation sites excluding steroid dienone is 3. The second-order valence-corrected chi connectivity index (χ2v) is 8.73. The summed E-state index contributed by atoms with van der Waals surface area (Å²) in [6.45, 7) is 3.72. The number of ether oxygens (including phenoxy) is 2. The van der Waals surface area contributed by atoms with Crippen LogP contribution in [0.4, 0.5) is 0 Å². The minimum absolute atomic E-state index is 0.0300. The van der Waals surface area contributed by atoms with Crippen LogP contribution >= 0.6 is 0 Å². The lowest BCUT2D eigenvalue weighted by Crippen LogP contribution is -2.45. The van der Waals surface area contributed by atoms with Gasteiger partial charge in [0, 0.05) is 42.9 Å². The Kier molecular flexibility index (Phi) is 6.26. The number of hydrogen-bond acceptors (Lipinski definition) is 4. The van der Waals surface area contributed by atoms with E-state index in [0.717, 1.165) is 68.8 Å². The highest BCUT2D eigenvalue weighted by atomic mass is 16.5. The van der Waals surface area contributed by atoms with Crippen molar-refractivity contribution < 1.29 is 14.3 Å². The molecule has 0 radical (unpaired) electrons. The molecular formula is C27H30N2O3. The van der Waals surface area contributed by atoms with Gasteiger partial charge in [-0.1, -0.05) is 24.3 Å². The molecule has 0 saturated carbocycles. The number of piperidine rings is 1. The monoisotopic (exact) mass is 430 g/mol. The van der Waals surface area contributed by atoms with E-state index < -0.39 is 0 Å². The predicted molar refractivity (Wildman–Crippen MR) is 126 cm³/mol. The lowest BCUT2D eigenvalue weighted by molar-refractivity contribution is 0.0909. The summed E-state index contributed by atoms with van der Waals surface area (Å²) in [7, 11) is 0. The molecule has 5 heteroatoms. The third kappa shape index (κ3) is 4.73. The number of nitrogens with zero attached hydrogens (tertiary/aromatic N) is 1. The molecule has 2 aromatic rings. The van der Waals surface area contributed by atoms with Crippen LogP contribution in [0.5, 0.6) is 11.5 Å². The summed E-state index contributed by atoms with van der Waals surface area (Å²) in [5.74, 6) is 1.78. The van der Waals surface area contributed by atoms with Gasteiger partial charge in [0.1, 0.15) is 11.5 Å². The van der Waals surface area contributed by atoms with E-state index in [4.69, 9.17) is 9.47 Å². The molecule has 0 atom stereocenters. The van der Waals surface area contributed by atoms with Crippen molar-refractivity contribution in [3.8, 4) is 11.5 Å². The molecule has 0 bridgehead atoms. The fraction of sp³-hybridized carbons (Fsp3) is 0.370. The summed E-state index contributed by atoms with van der Waals surface area (Å²) < 4.78 is 11.8. The van der Waals surface area contributed by atoms with Gasteiger partial charge in [0.15, 0.2) is 0 Å². The third-order valence-electron chi connectivity index (χ3n) is 6.53. The zero-order valence-electron chi connectivity index (χ0n) is 18.4. The molecule has 5 rings (SSSR count). The molecule has 1 fully saturated rings. The summed E-state index contributed by atoms with van der Waals surface area (Å²) in [4.78, 5) is 14.8. The molecule has 3 aliphatic rings. The van der Waals surface area contributed by atoms with Gasteiger partial charge in [0.05, 0.1) is 12.9 Å². The maximum Gasteiger partial charge on any atom is 0.251 e. The van der Waals surface area contributed by atoms with Gasteiger partial charge < -0.3 is 19.7 Å². The van der Waals surface area contributed by atoms with Crippen LogP contribution in [0.25, 0.3) is 5.57 Å². The van der Waals surface area contributed by atoms with Crippen LogP contribution in [-0.2, 0) is 0 Å². The zero-order valence-corrected chi connectivity index (χ0v) is 18.4. The molecule has 5 nitrogen and oxygen atoms in total. The maximum absolute atomic E-state index is 12.3. The number of nitrogens with one attached hydrogen (secondary N) is 1. The molecule has 1 saturated heterocycles. The second kappa shape index (κ2) is 9.61. The topological polar surface area (TPSA) is 50.8 Å². The standard InChI is InChI=1S/C27H30N2O3/c30-27(20-6-2-1-3-7-20)28-22-12-15-29(16-13-22)14-5-17-31-23-10-11-25-24-9-4-8-21(24)19-32-26(25)18-23/h1-3,6-7,9-11,18-19,22H,4-5,8,12-17H2,(H,28,30). The van der Waals surface area contributed by atoms with E-state index in [0.29, 0.717) is 6.61 Å². The number of benzene rings is 2. The van der Waals surface area contributed by atoms with Crippen LogP contribution in [0, 0.1) is 0 Å². The van der Waals surface area contributed by atoms with E-state index in [-0.39, 0.29) is 11.9 Å². The SMILES string of the molecule is O=C(NC1CCN(CCCOc2ccc3c(c2)OC=C2CCC=C23)CC1)c1ccccc1. The van der Waals surface area contributed by atoms with E-state index in [1.807, 2.05) is 48.7 Å². The normalized spacial score (nSPS) is 18.1. The Labute approximate surface area is 189 Å². The van der Waals surface area contributed by atoms with E-state index in [9.17, 15) is 4.79 Å². The van der Waals surface area contributed by atoms with E-state index in [2.05, 4.69) is 22.4 Å². The van der Waals surface area contributed by atoms with Crippen LogP contribution in [-0.4, -0.2) is 43.1 Å². The summed E-state index contributed by atoms with van der Waals surface area (Å²) in [6, 6.07) is 15.9. The van der Waals surface area contributed by atoms with E-state index >= 15 is 0 Å². The van der Waals surface area contributed by atoms with Crippen LogP contribution in [0.2, 0.25) is 0 Å². The van der Waals surface area contributed by atoms with Crippen molar-refractivity contribution in [3.63, 3.8) is 0 Å². The number of likely N-dealkylation sites (tertiary alicyclic amines) is 1. The van der Waals surface area contributed by atoms with E-state index in [1.165, 1.54) is 16.7 Å². The minimum atomic E-state index is 0.0300. The van der Waals surface area contributed by atoms with Crippen molar-refractivity contribution in [3.05, 3.63) is 77.6 Å². The predicted octanol–water partition coefficient (Wildman–Crippen LogP) is 4.80. The number of fused-ring (bicyclic) bond motifs is 3. The highest BCUT2D eigenvalue weighted by Crippen LogP contribution is 2.42. The first-order valence-electron chi connectivity index (χ1n) is 11.7. The Balaban J connectivity index is 1.02. The van der Waals surface area contributed by atoms with Crippen LogP contribution in [0.15, 0.2) is 66.4 Å². The molecule has 0 unspecified atom stereocenters. The Morgan fingerprint density at radius 1 is 1.12 bits per heavy atom. The molecule has 32 heavy (non-hydrogen) atoms. The lowest BCUT2D eigenvalue weighted by Gasteiger charge is -2.32. The zero-order chi connectivity index (χ0) is 21.8. The average molecular weight is 431 g/mol. The fourth-order valence-electron chi connectivity index (χ4n) is 4.73. The lowest BCUT2D eigenvalue weighted by atomic mass is 9.99. The first-order valence-corrected chi connectivity index (χ1v) is 11.7. The van der Waals surface area contributed by atoms with Gasteiger partial charge in [0.25, 0.3) is 5.91 Å². The molecule has 2 heterocycles. The van der Waals surface area contributed by atoms with Gasteiger partial charge >= 0.3 is 0 Å². The molecule has 1 N–H and O–H groups in total. The Morgan fingerprint density at radius 3 is 2.81 bits per heavy atom. The van der Waals surface area contributed by atoms with Crippen LogP contribution in [0.3, 0.4) is 0 Å². The quantitative estimate of drug-likeness (QED) is 0.641. The molecular weight excluding hydrogens is 400 g/mol. The van der Waals surface area contributed by atoms with Gasteiger partial charge in [-0.25, -0.2) is 0 Å². The van der Waals surface area contributed by atoms with Gasteiger partial charge in [0.2, 0.25) is 0 Å². The maximum atomic E-state index is 12.3. The number of rotatable bonds is 7. The van der Waals surface area contributed by atoms with Gasteiger partial charge in [-0.15, -0.1) is 0 Å². The fourth-order valence-corrected chi connectivity index (χ4v) is 4.73. The highest BCUT2D eigenvalue weighted by Gasteiger charge is 2.23. The van der Waals surface area contributed by atoms with Crippen molar-refractivity contribution in [1.29, 1.82) is 0 Å². The summed E-state index contributed by atoms with van der Waals surface area (Å²) in [5, 5.41) is 3.17. The third-order valence-corrected chi connectivity index (χ3v) is 6.53. The Hall–Kier alpha value is -3.05. The molecule has 2 aromatic carbocycles. The number of hydrogen-bond donors (Lipinski definition) is 1. The first kappa shape index (κ1) is 20.8. The molecule has 0 spiro atoms. The molecule has 0 aromatic heterocycles. The van der Waals surface area contributed by atoms with Crippen molar-refractivity contribution in [2.24, 2.45) is 0 Å². The molecule has 1 aliphatic carbocycles. The number of carbonyl (C=O) groups excluding carboxylic acids is 1. The number of amides is 1. The summed E-state index contributed by atoms with van der Waals surface area (Å²) in [6.07, 6.45) is 9.32. The Bertz CT molecular complexity index is 1020. The molecule has 1 amide bonds. The van der Waals surface area contributed by atoms with Gasteiger partial charge in [-0.3, -0.25) is 4.79 Å². The highest BCUT2D eigenvalue weighted by molar-refractivity contribution is 5.94. The van der Waals surface area contributed by atoms with Gasteiger partial charge in [-0.05, 0) is 67.5 Å². The Morgan fingerprint density at radius 2 is 1.97 bits per heavy atom. The summed E-state index contributed by atoms with van der Waals surface area (Å²) in [5.41, 5.74) is 4.53. The molecule has 166 valence electrons. The van der Waals surface area contributed by atoms with Crippen molar-refractivity contribution >= 4 is 11.5 Å². The second-order valence-electron chi connectivity index (χ2n) is 8.73.